The number of aromatic nitrogens is 1. The number of benzene rings is 1. The molecule has 20 heavy (non-hydrogen) atoms. The van der Waals surface area contributed by atoms with Crippen LogP contribution in [0.4, 0.5) is 5.13 Å². The van der Waals surface area contributed by atoms with Gasteiger partial charge in [-0.1, -0.05) is 17.4 Å². The molecule has 0 aliphatic heterocycles. The van der Waals surface area contributed by atoms with E-state index < -0.39 is 5.91 Å². The van der Waals surface area contributed by atoms with Crippen LogP contribution in [0.2, 0.25) is 0 Å². The lowest BCUT2D eigenvalue weighted by Gasteiger charge is -2.07. The minimum absolute atomic E-state index is 0.293. The number of nitrogens with zero attached hydrogens (tertiary/aromatic N) is 1. The third kappa shape index (κ3) is 2.94. The first-order chi connectivity index (χ1) is 9.51. The van der Waals surface area contributed by atoms with Crippen LogP contribution < -0.4 is 15.8 Å². The van der Waals surface area contributed by atoms with Crippen molar-refractivity contribution in [3.63, 3.8) is 0 Å². The van der Waals surface area contributed by atoms with Gasteiger partial charge in [0.05, 0.1) is 13.3 Å². The van der Waals surface area contributed by atoms with Crippen molar-refractivity contribution in [3.05, 3.63) is 40.4 Å². The molecule has 1 aromatic carbocycles. The topological polar surface area (TPSA) is 94.3 Å². The highest BCUT2D eigenvalue weighted by Gasteiger charge is 2.12. The van der Waals surface area contributed by atoms with Crippen molar-refractivity contribution in [2.24, 2.45) is 5.73 Å². The number of methoxy groups -OCH3 is 1. The second-order valence-corrected chi connectivity index (χ2v) is 5.06. The van der Waals surface area contributed by atoms with Gasteiger partial charge in [-0.15, -0.1) is 0 Å². The first-order valence-corrected chi connectivity index (χ1v) is 6.54. The molecule has 0 saturated heterocycles. The van der Waals surface area contributed by atoms with Gasteiger partial charge in [0.2, 0.25) is 0 Å². The minimum Gasteiger partial charge on any atom is -0.496 e. The molecule has 0 aliphatic rings. The molecular weight excluding hydrogens is 278 g/mol. The maximum absolute atomic E-state index is 12.1. The summed E-state index contributed by atoms with van der Waals surface area (Å²) >= 11 is 1.03. The van der Waals surface area contributed by atoms with Crippen LogP contribution in [0.25, 0.3) is 0 Å². The van der Waals surface area contributed by atoms with Crippen molar-refractivity contribution in [1.29, 1.82) is 0 Å². The van der Waals surface area contributed by atoms with Gasteiger partial charge in [-0.05, 0) is 24.6 Å². The van der Waals surface area contributed by atoms with Crippen LogP contribution in [0.5, 0.6) is 5.75 Å². The molecule has 0 aliphatic carbocycles. The molecule has 2 aromatic rings. The van der Waals surface area contributed by atoms with Crippen molar-refractivity contribution in [3.8, 4) is 5.75 Å². The Morgan fingerprint density at radius 1 is 1.40 bits per heavy atom. The number of amides is 2. The van der Waals surface area contributed by atoms with Crippen molar-refractivity contribution in [2.45, 2.75) is 6.92 Å². The average Bonchev–Trinajstić information content (AvgIpc) is 2.88. The van der Waals surface area contributed by atoms with E-state index in [9.17, 15) is 9.59 Å². The first-order valence-electron chi connectivity index (χ1n) is 5.73. The number of carbonyl (C=O) groups excluding carboxylic acids is 2. The highest BCUT2D eigenvalue weighted by atomic mass is 32.1. The predicted octanol–water partition coefficient (Wildman–Crippen LogP) is 1.81. The van der Waals surface area contributed by atoms with E-state index in [-0.39, 0.29) is 5.91 Å². The molecule has 3 N–H and O–H groups in total. The van der Waals surface area contributed by atoms with Crippen molar-refractivity contribution in [2.75, 3.05) is 12.4 Å². The number of ether oxygens (including phenoxy) is 1. The van der Waals surface area contributed by atoms with Gasteiger partial charge >= 0.3 is 0 Å². The fourth-order valence-corrected chi connectivity index (χ4v) is 2.24. The summed E-state index contributed by atoms with van der Waals surface area (Å²) in [5.41, 5.74) is 6.51. The largest absolute Gasteiger partial charge is 0.496 e. The molecule has 0 atom stereocenters. The zero-order valence-electron chi connectivity index (χ0n) is 11.0. The minimum atomic E-state index is -0.569. The molecular formula is C13H13N3O3S. The van der Waals surface area contributed by atoms with Crippen LogP contribution in [-0.4, -0.2) is 23.9 Å². The van der Waals surface area contributed by atoms with Gasteiger partial charge in [-0.25, -0.2) is 4.98 Å². The molecule has 0 fully saturated rings. The molecule has 0 saturated carbocycles. The summed E-state index contributed by atoms with van der Waals surface area (Å²) in [5.74, 6) is -0.261. The number of nitrogens with one attached hydrogen (secondary N) is 1. The Bertz CT molecular complexity index is 667. The summed E-state index contributed by atoms with van der Waals surface area (Å²) in [4.78, 5) is 27.2. The molecule has 1 aromatic heterocycles. The maximum atomic E-state index is 12.1. The highest BCUT2D eigenvalue weighted by Crippen LogP contribution is 2.21. The Morgan fingerprint density at radius 2 is 2.15 bits per heavy atom. The normalized spacial score (nSPS) is 10.1. The quantitative estimate of drug-likeness (QED) is 0.898. The van der Waals surface area contributed by atoms with Gasteiger partial charge in [0.25, 0.3) is 11.8 Å². The predicted molar refractivity (Wildman–Crippen MR) is 76.3 cm³/mol. The number of hydrogen-bond acceptors (Lipinski definition) is 5. The Kier molecular flexibility index (Phi) is 3.99. The molecule has 0 bridgehead atoms. The number of aryl methyl sites for hydroxylation is 1. The maximum Gasteiger partial charge on any atom is 0.260 e. The van der Waals surface area contributed by atoms with E-state index in [0.717, 1.165) is 16.9 Å². The molecule has 6 nitrogen and oxygen atoms in total. The first kappa shape index (κ1) is 14.0. The lowest BCUT2D eigenvalue weighted by atomic mass is 10.1. The number of rotatable bonds is 4. The SMILES string of the molecule is COc1cc(C(=O)Nc2ncc(C(N)=O)s2)ccc1C. The number of nitrogens with two attached hydrogens (primary N) is 1. The standard InChI is InChI=1S/C13H13N3O3S/c1-7-3-4-8(5-9(7)19-2)12(18)16-13-15-6-10(20-13)11(14)17/h3-6H,1-2H3,(H2,14,17)(H,15,16,18). The lowest BCUT2D eigenvalue weighted by molar-refractivity contribution is 0.100. The van der Waals surface area contributed by atoms with Crippen LogP contribution >= 0.6 is 11.3 Å². The molecule has 2 amide bonds. The van der Waals surface area contributed by atoms with E-state index in [1.807, 2.05) is 6.92 Å². The Hall–Kier alpha value is -2.41. The summed E-state index contributed by atoms with van der Waals surface area (Å²) in [6.45, 7) is 1.89. The van der Waals surface area contributed by atoms with Gasteiger partial charge in [0.15, 0.2) is 5.13 Å². The van der Waals surface area contributed by atoms with Gasteiger partial charge < -0.3 is 10.5 Å². The van der Waals surface area contributed by atoms with E-state index in [0.29, 0.717) is 21.3 Å². The molecule has 0 spiro atoms. The summed E-state index contributed by atoms with van der Waals surface area (Å²) in [7, 11) is 1.55. The third-order valence-electron chi connectivity index (χ3n) is 2.64. The summed E-state index contributed by atoms with van der Waals surface area (Å²) < 4.78 is 5.17. The second-order valence-electron chi connectivity index (χ2n) is 4.03. The van der Waals surface area contributed by atoms with Crippen LogP contribution in [0.1, 0.15) is 25.6 Å². The Balaban J connectivity index is 2.17. The van der Waals surface area contributed by atoms with Crippen LogP contribution in [0, 0.1) is 6.92 Å². The fourth-order valence-electron chi connectivity index (χ4n) is 1.58. The summed E-state index contributed by atoms with van der Waals surface area (Å²) in [6.07, 6.45) is 1.33. The van der Waals surface area contributed by atoms with Crippen LogP contribution in [0.3, 0.4) is 0 Å². The van der Waals surface area contributed by atoms with E-state index >= 15 is 0 Å². The molecule has 104 valence electrons. The zero-order valence-corrected chi connectivity index (χ0v) is 11.8. The second kappa shape index (κ2) is 5.70. The van der Waals surface area contributed by atoms with Crippen molar-refractivity contribution >= 4 is 28.3 Å². The van der Waals surface area contributed by atoms with Crippen molar-refractivity contribution in [1.82, 2.24) is 4.98 Å². The van der Waals surface area contributed by atoms with E-state index in [2.05, 4.69) is 10.3 Å². The Labute approximate surface area is 119 Å². The van der Waals surface area contributed by atoms with Gasteiger partial charge in [0, 0.05) is 5.56 Å². The number of carbonyl (C=O) groups is 2. The lowest BCUT2D eigenvalue weighted by Crippen LogP contribution is -2.12. The molecule has 7 heteroatoms. The highest BCUT2D eigenvalue weighted by molar-refractivity contribution is 7.17. The van der Waals surface area contributed by atoms with E-state index in [1.165, 1.54) is 6.20 Å². The van der Waals surface area contributed by atoms with E-state index in [1.54, 1.807) is 25.3 Å². The molecule has 0 unspecified atom stereocenters. The number of anilines is 1. The molecule has 1 heterocycles. The van der Waals surface area contributed by atoms with Gasteiger partial charge in [-0.2, -0.15) is 0 Å². The monoisotopic (exact) mass is 291 g/mol. The van der Waals surface area contributed by atoms with Gasteiger partial charge in [0.1, 0.15) is 10.6 Å². The van der Waals surface area contributed by atoms with E-state index in [4.69, 9.17) is 10.5 Å². The van der Waals surface area contributed by atoms with Crippen LogP contribution in [0.15, 0.2) is 24.4 Å². The number of hydrogen-bond donors (Lipinski definition) is 2. The summed E-state index contributed by atoms with van der Waals surface area (Å²) in [5, 5.41) is 2.93. The van der Waals surface area contributed by atoms with Gasteiger partial charge in [-0.3, -0.25) is 14.9 Å². The molecule has 2 rings (SSSR count). The fraction of sp³-hybridized carbons (Fsp3) is 0.154. The van der Waals surface area contributed by atoms with Crippen LogP contribution in [-0.2, 0) is 0 Å². The Morgan fingerprint density at radius 3 is 2.75 bits per heavy atom. The summed E-state index contributed by atoms with van der Waals surface area (Å²) in [6, 6.07) is 5.13. The molecule has 0 radical (unpaired) electrons. The van der Waals surface area contributed by atoms with Crippen molar-refractivity contribution < 1.29 is 14.3 Å². The number of thiazole rings is 1. The smallest absolute Gasteiger partial charge is 0.260 e. The number of primary amides is 1. The zero-order chi connectivity index (χ0) is 14.7. The average molecular weight is 291 g/mol. The third-order valence-corrected chi connectivity index (χ3v) is 3.57.